The highest BCUT2D eigenvalue weighted by Crippen LogP contribution is 2.25. The van der Waals surface area contributed by atoms with E-state index in [-0.39, 0.29) is 17.8 Å². The Hall–Kier alpha value is -0.450. The minimum absolute atomic E-state index is 0.0491. The molecule has 0 spiro atoms. The van der Waals surface area contributed by atoms with Crippen LogP contribution in [0.2, 0.25) is 0 Å². The van der Waals surface area contributed by atoms with Crippen molar-refractivity contribution < 1.29 is 9.50 Å². The zero-order valence-corrected chi connectivity index (χ0v) is 12.6. The van der Waals surface area contributed by atoms with Crippen molar-refractivity contribution in [2.45, 2.75) is 33.2 Å². The van der Waals surface area contributed by atoms with E-state index in [9.17, 15) is 9.50 Å². The van der Waals surface area contributed by atoms with Crippen molar-refractivity contribution in [3.05, 3.63) is 34.1 Å². The molecule has 102 valence electrons. The molecule has 1 rings (SSSR count). The molecule has 0 aliphatic heterocycles. The van der Waals surface area contributed by atoms with E-state index in [0.717, 1.165) is 29.4 Å². The number of rotatable bonds is 7. The summed E-state index contributed by atoms with van der Waals surface area (Å²) >= 11 is 3.35. The third kappa shape index (κ3) is 4.04. The van der Waals surface area contributed by atoms with Crippen molar-refractivity contribution >= 4 is 15.9 Å². The Morgan fingerprint density at radius 2 is 2.00 bits per heavy atom. The summed E-state index contributed by atoms with van der Waals surface area (Å²) in [5.41, 5.74) is 0.974. The molecule has 0 atom stereocenters. The summed E-state index contributed by atoms with van der Waals surface area (Å²) in [7, 11) is 0. The van der Waals surface area contributed by atoms with Gasteiger partial charge in [0.05, 0.1) is 0 Å². The van der Waals surface area contributed by atoms with Crippen molar-refractivity contribution in [2.75, 3.05) is 13.2 Å². The molecule has 0 amide bonds. The van der Waals surface area contributed by atoms with Gasteiger partial charge in [-0.15, -0.1) is 0 Å². The number of hydrogen-bond acceptors (Lipinski definition) is 2. The quantitative estimate of drug-likeness (QED) is 0.807. The number of hydrogen-bond donors (Lipinski definition) is 2. The van der Waals surface area contributed by atoms with Gasteiger partial charge in [0.15, 0.2) is 0 Å². The molecule has 0 radical (unpaired) electrons. The van der Waals surface area contributed by atoms with Gasteiger partial charge in [-0.3, -0.25) is 0 Å². The van der Waals surface area contributed by atoms with Crippen LogP contribution in [0.15, 0.2) is 22.7 Å². The molecule has 0 unspecified atom stereocenters. The molecule has 4 heteroatoms. The first kappa shape index (κ1) is 15.6. The van der Waals surface area contributed by atoms with Gasteiger partial charge in [-0.05, 0) is 30.5 Å². The van der Waals surface area contributed by atoms with Gasteiger partial charge in [0.25, 0.3) is 0 Å². The van der Waals surface area contributed by atoms with Gasteiger partial charge in [0.1, 0.15) is 5.82 Å². The Kier molecular flexibility index (Phi) is 6.26. The molecule has 0 fully saturated rings. The fourth-order valence-electron chi connectivity index (χ4n) is 1.91. The van der Waals surface area contributed by atoms with Crippen LogP contribution in [0.5, 0.6) is 0 Å². The van der Waals surface area contributed by atoms with Gasteiger partial charge in [-0.25, -0.2) is 4.39 Å². The van der Waals surface area contributed by atoms with Crippen LogP contribution in [0.4, 0.5) is 4.39 Å². The Balaban J connectivity index is 2.55. The molecule has 0 saturated carbocycles. The Bertz CT molecular complexity index is 372. The van der Waals surface area contributed by atoms with Crippen LogP contribution in [0.1, 0.15) is 32.3 Å². The van der Waals surface area contributed by atoms with Gasteiger partial charge < -0.3 is 10.4 Å². The lowest BCUT2D eigenvalue weighted by Gasteiger charge is -2.29. The number of benzene rings is 1. The van der Waals surface area contributed by atoms with Gasteiger partial charge in [-0.1, -0.05) is 35.8 Å². The van der Waals surface area contributed by atoms with Crippen LogP contribution in [-0.4, -0.2) is 18.3 Å². The van der Waals surface area contributed by atoms with Gasteiger partial charge >= 0.3 is 0 Å². The van der Waals surface area contributed by atoms with Crippen LogP contribution in [0.3, 0.4) is 0 Å². The first-order valence-corrected chi connectivity index (χ1v) is 7.11. The fraction of sp³-hybridized carbons (Fsp3) is 0.571. The van der Waals surface area contributed by atoms with E-state index in [0.29, 0.717) is 6.54 Å². The van der Waals surface area contributed by atoms with E-state index >= 15 is 0 Å². The summed E-state index contributed by atoms with van der Waals surface area (Å²) in [6, 6.07) is 4.70. The molecule has 0 heterocycles. The lowest BCUT2D eigenvalue weighted by Crippen LogP contribution is -2.36. The Labute approximate surface area is 117 Å². The molecule has 0 saturated heterocycles. The normalized spacial score (nSPS) is 11.8. The molecule has 1 aromatic rings. The molecular formula is C14H21BrFNO. The predicted octanol–water partition coefficient (Wildman–Crippen LogP) is 3.48. The highest BCUT2D eigenvalue weighted by molar-refractivity contribution is 9.10. The average Bonchev–Trinajstić information content (AvgIpc) is 2.38. The van der Waals surface area contributed by atoms with E-state index in [1.807, 2.05) is 0 Å². The zero-order chi connectivity index (χ0) is 13.6. The monoisotopic (exact) mass is 317 g/mol. The molecule has 0 aromatic heterocycles. The third-order valence-electron chi connectivity index (χ3n) is 3.67. The van der Waals surface area contributed by atoms with Gasteiger partial charge in [0.2, 0.25) is 0 Å². The minimum Gasteiger partial charge on any atom is -0.396 e. The molecule has 2 nitrogen and oxygen atoms in total. The standard InChI is InChI=1S/C14H21BrFNO/c1-3-14(4-2,10-18)9-17-8-11-5-6-12(16)7-13(11)15/h5-7,17-18H,3-4,8-10H2,1-2H3. The van der Waals surface area contributed by atoms with Crippen LogP contribution in [0.25, 0.3) is 0 Å². The van der Waals surface area contributed by atoms with E-state index in [2.05, 4.69) is 35.1 Å². The second-order valence-corrected chi connectivity index (χ2v) is 5.56. The Morgan fingerprint density at radius 1 is 1.33 bits per heavy atom. The van der Waals surface area contributed by atoms with Crippen molar-refractivity contribution in [3.63, 3.8) is 0 Å². The summed E-state index contributed by atoms with van der Waals surface area (Å²) in [4.78, 5) is 0. The van der Waals surface area contributed by atoms with E-state index in [1.54, 1.807) is 6.07 Å². The molecule has 0 bridgehead atoms. The highest BCUT2D eigenvalue weighted by Gasteiger charge is 2.24. The molecule has 2 N–H and O–H groups in total. The maximum Gasteiger partial charge on any atom is 0.124 e. The van der Waals surface area contributed by atoms with Crippen LogP contribution in [0, 0.1) is 11.2 Å². The SMILES string of the molecule is CCC(CC)(CO)CNCc1ccc(F)cc1Br. The van der Waals surface area contributed by atoms with E-state index in [1.165, 1.54) is 12.1 Å². The van der Waals surface area contributed by atoms with Crippen molar-refractivity contribution in [1.29, 1.82) is 0 Å². The summed E-state index contributed by atoms with van der Waals surface area (Å²) < 4.78 is 13.7. The van der Waals surface area contributed by atoms with Crippen molar-refractivity contribution in [1.82, 2.24) is 5.32 Å². The summed E-state index contributed by atoms with van der Waals surface area (Å²) in [6.07, 6.45) is 1.88. The fourth-order valence-corrected chi connectivity index (χ4v) is 2.40. The Morgan fingerprint density at radius 3 is 2.50 bits per heavy atom. The van der Waals surface area contributed by atoms with Crippen molar-refractivity contribution in [3.8, 4) is 0 Å². The first-order valence-electron chi connectivity index (χ1n) is 6.32. The summed E-state index contributed by atoms with van der Waals surface area (Å²) in [6.45, 7) is 5.81. The van der Waals surface area contributed by atoms with Crippen molar-refractivity contribution in [2.24, 2.45) is 5.41 Å². The number of halogens is 2. The number of aliphatic hydroxyl groups excluding tert-OH is 1. The minimum atomic E-state index is -0.238. The lowest BCUT2D eigenvalue weighted by atomic mass is 9.83. The maximum absolute atomic E-state index is 12.9. The third-order valence-corrected chi connectivity index (χ3v) is 4.40. The van der Waals surface area contributed by atoms with Crippen LogP contribution >= 0.6 is 15.9 Å². The van der Waals surface area contributed by atoms with E-state index in [4.69, 9.17) is 0 Å². The zero-order valence-electron chi connectivity index (χ0n) is 11.0. The summed E-state index contributed by atoms with van der Waals surface area (Å²) in [5.74, 6) is -0.238. The molecule has 1 aromatic carbocycles. The summed E-state index contributed by atoms with van der Waals surface area (Å²) in [5, 5.41) is 12.8. The maximum atomic E-state index is 12.9. The largest absolute Gasteiger partial charge is 0.396 e. The topological polar surface area (TPSA) is 32.3 Å². The smallest absolute Gasteiger partial charge is 0.124 e. The van der Waals surface area contributed by atoms with E-state index < -0.39 is 0 Å². The molecule has 18 heavy (non-hydrogen) atoms. The first-order chi connectivity index (χ1) is 8.56. The number of nitrogens with one attached hydrogen (secondary N) is 1. The van der Waals surface area contributed by atoms with Gasteiger partial charge in [0, 0.05) is 29.6 Å². The lowest BCUT2D eigenvalue weighted by molar-refractivity contribution is 0.113. The van der Waals surface area contributed by atoms with Gasteiger partial charge in [-0.2, -0.15) is 0 Å². The average molecular weight is 318 g/mol. The predicted molar refractivity (Wildman–Crippen MR) is 75.9 cm³/mol. The second-order valence-electron chi connectivity index (χ2n) is 4.70. The van der Waals surface area contributed by atoms with Crippen LogP contribution < -0.4 is 5.32 Å². The van der Waals surface area contributed by atoms with Crippen LogP contribution in [-0.2, 0) is 6.54 Å². The number of aliphatic hydroxyl groups is 1. The molecule has 0 aliphatic rings. The molecular weight excluding hydrogens is 297 g/mol. The highest BCUT2D eigenvalue weighted by atomic mass is 79.9. The molecule has 0 aliphatic carbocycles. The second kappa shape index (κ2) is 7.22.